The molecule has 17 heavy (non-hydrogen) atoms. The summed E-state index contributed by atoms with van der Waals surface area (Å²) in [5.41, 5.74) is 1.04. The lowest BCUT2D eigenvalue weighted by Crippen LogP contribution is -2.42. The molecule has 2 nitrogen and oxygen atoms in total. The van der Waals surface area contributed by atoms with Gasteiger partial charge in [-0.1, -0.05) is 30.3 Å². The van der Waals surface area contributed by atoms with E-state index >= 15 is 0 Å². The standard InChI is InChI=1S/C12H14F3NO/c1-9(16-11(17)12(13,14)15)7-8-10-5-3-2-4-6-10/h2-6,9H,7-8H2,1H3,(H,16,17). The molecule has 1 amide bonds. The van der Waals surface area contributed by atoms with Crippen molar-refractivity contribution in [1.29, 1.82) is 0 Å². The number of hydrogen-bond acceptors (Lipinski definition) is 1. The Morgan fingerprint density at radius 2 is 1.88 bits per heavy atom. The number of carbonyl (C=O) groups is 1. The van der Waals surface area contributed by atoms with Crippen molar-refractivity contribution in [3.05, 3.63) is 35.9 Å². The van der Waals surface area contributed by atoms with Gasteiger partial charge in [0.25, 0.3) is 0 Å². The minimum atomic E-state index is -4.80. The van der Waals surface area contributed by atoms with Crippen molar-refractivity contribution >= 4 is 5.91 Å². The summed E-state index contributed by atoms with van der Waals surface area (Å²) in [5.74, 6) is -1.88. The number of hydrogen-bond donors (Lipinski definition) is 1. The summed E-state index contributed by atoms with van der Waals surface area (Å²) in [7, 11) is 0. The van der Waals surface area contributed by atoms with Crippen molar-refractivity contribution in [3.8, 4) is 0 Å². The average molecular weight is 245 g/mol. The van der Waals surface area contributed by atoms with Crippen molar-refractivity contribution in [2.45, 2.75) is 32.0 Å². The zero-order chi connectivity index (χ0) is 12.9. The van der Waals surface area contributed by atoms with E-state index in [0.29, 0.717) is 12.8 Å². The van der Waals surface area contributed by atoms with Gasteiger partial charge in [-0.15, -0.1) is 0 Å². The molecule has 0 aromatic heterocycles. The first-order valence-electron chi connectivity index (χ1n) is 5.31. The molecular formula is C12H14F3NO. The van der Waals surface area contributed by atoms with E-state index in [1.165, 1.54) is 0 Å². The smallest absolute Gasteiger partial charge is 0.346 e. The SMILES string of the molecule is CC(CCc1ccccc1)NC(=O)C(F)(F)F. The van der Waals surface area contributed by atoms with Crippen LogP contribution < -0.4 is 5.32 Å². The Morgan fingerprint density at radius 3 is 2.41 bits per heavy atom. The fourth-order valence-electron chi connectivity index (χ4n) is 1.41. The molecule has 1 atom stereocenters. The van der Waals surface area contributed by atoms with Gasteiger partial charge in [0.2, 0.25) is 0 Å². The number of halogens is 3. The van der Waals surface area contributed by atoms with Crippen LogP contribution in [0.15, 0.2) is 30.3 Å². The molecule has 0 fully saturated rings. The van der Waals surface area contributed by atoms with E-state index in [4.69, 9.17) is 0 Å². The third-order valence-electron chi connectivity index (χ3n) is 2.34. The molecule has 5 heteroatoms. The number of amides is 1. The third kappa shape index (κ3) is 4.89. The molecule has 0 aliphatic heterocycles. The van der Waals surface area contributed by atoms with Crippen LogP contribution in [-0.4, -0.2) is 18.1 Å². The van der Waals surface area contributed by atoms with Gasteiger partial charge >= 0.3 is 12.1 Å². The summed E-state index contributed by atoms with van der Waals surface area (Å²) in [6.07, 6.45) is -3.69. The lowest BCUT2D eigenvalue weighted by Gasteiger charge is -2.15. The van der Waals surface area contributed by atoms with Crippen LogP contribution >= 0.6 is 0 Å². The molecule has 1 aromatic rings. The second kappa shape index (κ2) is 5.70. The second-order valence-electron chi connectivity index (χ2n) is 3.90. The van der Waals surface area contributed by atoms with Crippen LogP contribution in [0, 0.1) is 0 Å². The number of carbonyl (C=O) groups excluding carboxylic acids is 1. The lowest BCUT2D eigenvalue weighted by molar-refractivity contribution is -0.174. The lowest BCUT2D eigenvalue weighted by atomic mass is 10.1. The Kier molecular flexibility index (Phi) is 4.54. The van der Waals surface area contributed by atoms with Gasteiger partial charge in [-0.25, -0.2) is 0 Å². The molecule has 0 radical (unpaired) electrons. The first-order valence-corrected chi connectivity index (χ1v) is 5.31. The molecule has 0 saturated heterocycles. The van der Waals surface area contributed by atoms with E-state index in [-0.39, 0.29) is 0 Å². The Balaban J connectivity index is 2.36. The molecule has 0 saturated carbocycles. The van der Waals surface area contributed by atoms with E-state index < -0.39 is 18.1 Å². The van der Waals surface area contributed by atoms with Crippen LogP contribution in [-0.2, 0) is 11.2 Å². The molecule has 94 valence electrons. The first-order chi connectivity index (χ1) is 7.89. The number of benzene rings is 1. The summed E-state index contributed by atoms with van der Waals surface area (Å²) in [6, 6.07) is 8.92. The van der Waals surface area contributed by atoms with Crippen molar-refractivity contribution in [2.75, 3.05) is 0 Å². The minimum Gasteiger partial charge on any atom is -0.346 e. The van der Waals surface area contributed by atoms with Crippen LogP contribution in [0.25, 0.3) is 0 Å². The van der Waals surface area contributed by atoms with Crippen LogP contribution in [0.4, 0.5) is 13.2 Å². The average Bonchev–Trinajstić information content (AvgIpc) is 2.26. The van der Waals surface area contributed by atoms with Crippen molar-refractivity contribution in [2.24, 2.45) is 0 Å². The highest BCUT2D eigenvalue weighted by Crippen LogP contribution is 2.15. The molecule has 0 heterocycles. The van der Waals surface area contributed by atoms with Gasteiger partial charge in [0, 0.05) is 6.04 Å². The fraction of sp³-hybridized carbons (Fsp3) is 0.417. The van der Waals surface area contributed by atoms with Crippen LogP contribution in [0.5, 0.6) is 0 Å². The Labute approximate surface area is 97.8 Å². The van der Waals surface area contributed by atoms with E-state index in [9.17, 15) is 18.0 Å². The van der Waals surface area contributed by atoms with Gasteiger partial charge in [-0.2, -0.15) is 13.2 Å². The van der Waals surface area contributed by atoms with Crippen molar-refractivity contribution < 1.29 is 18.0 Å². The van der Waals surface area contributed by atoms with Gasteiger partial charge in [-0.3, -0.25) is 4.79 Å². The number of rotatable bonds is 4. The second-order valence-corrected chi connectivity index (χ2v) is 3.90. The monoisotopic (exact) mass is 245 g/mol. The predicted octanol–water partition coefficient (Wildman–Crippen LogP) is 2.69. The molecular weight excluding hydrogens is 231 g/mol. The molecule has 1 rings (SSSR count). The van der Waals surface area contributed by atoms with Crippen molar-refractivity contribution in [1.82, 2.24) is 5.32 Å². The minimum absolute atomic E-state index is 0.478. The van der Waals surface area contributed by atoms with E-state index in [1.54, 1.807) is 6.92 Å². The quantitative estimate of drug-likeness (QED) is 0.868. The maximum atomic E-state index is 12.0. The summed E-state index contributed by atoms with van der Waals surface area (Å²) in [5, 5.41) is 1.93. The molecule has 0 aliphatic carbocycles. The topological polar surface area (TPSA) is 29.1 Å². The van der Waals surface area contributed by atoms with Crippen LogP contribution in [0.3, 0.4) is 0 Å². The maximum absolute atomic E-state index is 12.0. The van der Waals surface area contributed by atoms with Gasteiger partial charge in [0.15, 0.2) is 0 Å². The zero-order valence-electron chi connectivity index (χ0n) is 9.42. The summed E-state index contributed by atoms with van der Waals surface area (Å²) in [4.78, 5) is 10.7. The molecule has 0 spiro atoms. The first kappa shape index (κ1) is 13.5. The number of nitrogens with one attached hydrogen (secondary N) is 1. The third-order valence-corrected chi connectivity index (χ3v) is 2.34. The number of aryl methyl sites for hydroxylation is 1. The predicted molar refractivity (Wildman–Crippen MR) is 58.4 cm³/mol. The van der Waals surface area contributed by atoms with Crippen LogP contribution in [0.1, 0.15) is 18.9 Å². The van der Waals surface area contributed by atoms with Crippen LogP contribution in [0.2, 0.25) is 0 Å². The molecule has 0 aliphatic rings. The highest BCUT2D eigenvalue weighted by molar-refractivity contribution is 5.81. The highest BCUT2D eigenvalue weighted by Gasteiger charge is 2.39. The normalized spacial score (nSPS) is 13.2. The van der Waals surface area contributed by atoms with Gasteiger partial charge in [0.05, 0.1) is 0 Å². The van der Waals surface area contributed by atoms with Gasteiger partial charge in [0.1, 0.15) is 0 Å². The molecule has 1 N–H and O–H groups in total. The van der Waals surface area contributed by atoms with Gasteiger partial charge in [-0.05, 0) is 25.3 Å². The zero-order valence-corrected chi connectivity index (χ0v) is 9.42. The largest absolute Gasteiger partial charge is 0.471 e. The Hall–Kier alpha value is -1.52. The molecule has 1 unspecified atom stereocenters. The number of alkyl halides is 3. The maximum Gasteiger partial charge on any atom is 0.471 e. The van der Waals surface area contributed by atoms with Crippen molar-refractivity contribution in [3.63, 3.8) is 0 Å². The van der Waals surface area contributed by atoms with E-state index in [2.05, 4.69) is 0 Å². The van der Waals surface area contributed by atoms with Gasteiger partial charge < -0.3 is 5.32 Å². The highest BCUT2D eigenvalue weighted by atomic mass is 19.4. The molecule has 1 aromatic carbocycles. The Bertz CT molecular complexity index is 362. The van der Waals surface area contributed by atoms with E-state index in [1.807, 2.05) is 35.6 Å². The molecule has 0 bridgehead atoms. The van der Waals surface area contributed by atoms with E-state index in [0.717, 1.165) is 5.56 Å². The Morgan fingerprint density at radius 1 is 1.29 bits per heavy atom. The summed E-state index contributed by atoms with van der Waals surface area (Å²) < 4.78 is 35.9. The fourth-order valence-corrected chi connectivity index (χ4v) is 1.41. The summed E-state index contributed by atoms with van der Waals surface area (Å²) in [6.45, 7) is 1.56. The summed E-state index contributed by atoms with van der Waals surface area (Å²) >= 11 is 0.